The van der Waals surface area contributed by atoms with E-state index in [-0.39, 0.29) is 5.56 Å². The van der Waals surface area contributed by atoms with Gasteiger partial charge in [0.1, 0.15) is 5.82 Å². The summed E-state index contributed by atoms with van der Waals surface area (Å²) >= 11 is 5.80. The van der Waals surface area contributed by atoms with Crippen LogP contribution in [0.2, 0.25) is 5.02 Å². The van der Waals surface area contributed by atoms with Crippen molar-refractivity contribution >= 4 is 11.6 Å². The Morgan fingerprint density at radius 1 is 1.50 bits per heavy atom. The Morgan fingerprint density at radius 3 is 2.94 bits per heavy atom. The van der Waals surface area contributed by atoms with Crippen LogP contribution in [0, 0.1) is 5.82 Å². The topological polar surface area (TPSA) is 38.0 Å². The molecule has 0 aliphatic rings. The number of aliphatic hydroxyl groups is 1. The van der Waals surface area contributed by atoms with Crippen LogP contribution in [-0.4, -0.2) is 14.9 Å². The lowest BCUT2D eigenvalue weighted by atomic mass is 10.0. The first-order valence-electron chi connectivity index (χ1n) is 5.74. The molecule has 1 heterocycles. The Kier molecular flexibility index (Phi) is 3.99. The summed E-state index contributed by atoms with van der Waals surface area (Å²) < 4.78 is 15.3. The van der Waals surface area contributed by atoms with E-state index in [2.05, 4.69) is 5.10 Å². The van der Waals surface area contributed by atoms with Gasteiger partial charge in [-0.3, -0.25) is 4.68 Å². The van der Waals surface area contributed by atoms with Crippen molar-refractivity contribution in [1.82, 2.24) is 9.78 Å². The van der Waals surface area contributed by atoms with Gasteiger partial charge in [0.05, 0.1) is 12.3 Å². The largest absolute Gasteiger partial charge is 0.388 e. The summed E-state index contributed by atoms with van der Waals surface area (Å²) in [5.74, 6) is -0.449. The molecule has 1 unspecified atom stereocenters. The molecule has 96 valence electrons. The predicted octanol–water partition coefficient (Wildman–Crippen LogP) is 2.97. The molecule has 2 rings (SSSR count). The van der Waals surface area contributed by atoms with Crippen LogP contribution in [0.4, 0.5) is 4.39 Å². The summed E-state index contributed by atoms with van der Waals surface area (Å²) in [6.45, 7) is 2.74. The lowest BCUT2D eigenvalue weighted by Gasteiger charge is -2.11. The van der Waals surface area contributed by atoms with Crippen LogP contribution in [0.5, 0.6) is 0 Å². The maximum atomic E-state index is 13.6. The molecule has 1 aromatic heterocycles. The molecule has 0 saturated carbocycles. The van der Waals surface area contributed by atoms with Crippen LogP contribution in [0.1, 0.15) is 24.2 Å². The van der Waals surface area contributed by atoms with Crippen molar-refractivity contribution in [2.75, 3.05) is 0 Å². The minimum absolute atomic E-state index is 0.215. The molecule has 1 N–H and O–H groups in total. The van der Waals surface area contributed by atoms with Crippen molar-refractivity contribution in [3.8, 4) is 0 Å². The van der Waals surface area contributed by atoms with Crippen LogP contribution in [0.3, 0.4) is 0 Å². The fraction of sp³-hybridized carbons (Fsp3) is 0.308. The molecule has 3 nitrogen and oxygen atoms in total. The number of aliphatic hydroxyl groups excluding tert-OH is 1. The average molecular weight is 269 g/mol. The molecule has 0 aliphatic heterocycles. The van der Waals surface area contributed by atoms with Crippen molar-refractivity contribution in [2.45, 2.75) is 26.0 Å². The van der Waals surface area contributed by atoms with Gasteiger partial charge in [-0.25, -0.2) is 4.39 Å². The van der Waals surface area contributed by atoms with Crippen LogP contribution >= 0.6 is 11.6 Å². The Hall–Kier alpha value is -1.39. The van der Waals surface area contributed by atoms with Crippen LogP contribution in [0.15, 0.2) is 30.6 Å². The number of hydrogen-bond donors (Lipinski definition) is 1. The quantitative estimate of drug-likeness (QED) is 0.926. The SMILES string of the molecule is CCn1cc(CC(O)c2cc(Cl)ccc2F)cn1. The number of aromatic nitrogens is 2. The highest BCUT2D eigenvalue weighted by molar-refractivity contribution is 6.30. The van der Waals surface area contributed by atoms with E-state index in [1.165, 1.54) is 18.2 Å². The number of aryl methyl sites for hydroxylation is 1. The molecule has 18 heavy (non-hydrogen) atoms. The Balaban J connectivity index is 2.16. The zero-order valence-electron chi connectivity index (χ0n) is 9.98. The molecule has 2 aromatic rings. The number of benzene rings is 1. The normalized spacial score (nSPS) is 12.7. The fourth-order valence-electron chi connectivity index (χ4n) is 1.79. The van der Waals surface area contributed by atoms with Gasteiger partial charge >= 0.3 is 0 Å². The van der Waals surface area contributed by atoms with Gasteiger partial charge in [0.15, 0.2) is 0 Å². The molecule has 0 saturated heterocycles. The first kappa shape index (κ1) is 13.1. The Bertz CT molecular complexity index is 542. The first-order valence-corrected chi connectivity index (χ1v) is 6.12. The van der Waals surface area contributed by atoms with Gasteiger partial charge in [-0.05, 0) is 30.7 Å². The van der Waals surface area contributed by atoms with Gasteiger partial charge in [0.2, 0.25) is 0 Å². The van der Waals surface area contributed by atoms with Gasteiger partial charge in [0.25, 0.3) is 0 Å². The average Bonchev–Trinajstić information content (AvgIpc) is 2.80. The summed E-state index contributed by atoms with van der Waals surface area (Å²) in [5.41, 5.74) is 1.08. The zero-order valence-corrected chi connectivity index (χ0v) is 10.7. The molecule has 1 atom stereocenters. The molecule has 0 spiro atoms. The third kappa shape index (κ3) is 2.89. The second kappa shape index (κ2) is 5.50. The highest BCUT2D eigenvalue weighted by Gasteiger charge is 2.14. The second-order valence-corrected chi connectivity index (χ2v) is 4.53. The third-order valence-corrected chi connectivity index (χ3v) is 2.99. The van der Waals surface area contributed by atoms with E-state index in [0.717, 1.165) is 12.1 Å². The van der Waals surface area contributed by atoms with Crippen LogP contribution < -0.4 is 0 Å². The number of rotatable bonds is 4. The number of halogens is 2. The Morgan fingerprint density at radius 2 is 2.28 bits per heavy atom. The van der Waals surface area contributed by atoms with Crippen molar-refractivity contribution in [1.29, 1.82) is 0 Å². The zero-order chi connectivity index (χ0) is 13.1. The summed E-state index contributed by atoms with van der Waals surface area (Å²) in [5, 5.41) is 14.5. The van der Waals surface area contributed by atoms with E-state index >= 15 is 0 Å². The van der Waals surface area contributed by atoms with E-state index in [4.69, 9.17) is 11.6 Å². The van der Waals surface area contributed by atoms with Gasteiger partial charge in [0, 0.05) is 29.7 Å². The lowest BCUT2D eigenvalue weighted by molar-refractivity contribution is 0.173. The van der Waals surface area contributed by atoms with Crippen molar-refractivity contribution in [2.24, 2.45) is 0 Å². The summed E-state index contributed by atoms with van der Waals surface area (Å²) in [6.07, 6.45) is 2.91. The third-order valence-electron chi connectivity index (χ3n) is 2.76. The van der Waals surface area contributed by atoms with E-state index in [1.54, 1.807) is 10.9 Å². The lowest BCUT2D eigenvalue weighted by Crippen LogP contribution is -2.04. The van der Waals surface area contributed by atoms with Gasteiger partial charge < -0.3 is 5.11 Å². The van der Waals surface area contributed by atoms with Crippen molar-refractivity contribution in [3.05, 3.63) is 52.6 Å². The van der Waals surface area contributed by atoms with Gasteiger partial charge in [-0.1, -0.05) is 11.6 Å². The second-order valence-electron chi connectivity index (χ2n) is 4.09. The molecule has 0 aliphatic carbocycles. The highest BCUT2D eigenvalue weighted by Crippen LogP contribution is 2.24. The molecule has 0 amide bonds. The highest BCUT2D eigenvalue weighted by atomic mass is 35.5. The maximum absolute atomic E-state index is 13.6. The molecule has 1 aromatic carbocycles. The van der Waals surface area contributed by atoms with Crippen molar-refractivity contribution < 1.29 is 9.50 Å². The molecule has 5 heteroatoms. The minimum atomic E-state index is -0.918. The summed E-state index contributed by atoms with van der Waals surface area (Å²) in [4.78, 5) is 0. The van der Waals surface area contributed by atoms with E-state index in [9.17, 15) is 9.50 Å². The van der Waals surface area contributed by atoms with E-state index in [0.29, 0.717) is 11.4 Å². The number of nitrogens with zero attached hydrogens (tertiary/aromatic N) is 2. The van der Waals surface area contributed by atoms with Crippen molar-refractivity contribution in [3.63, 3.8) is 0 Å². The fourth-order valence-corrected chi connectivity index (χ4v) is 1.97. The molecule has 0 bridgehead atoms. The summed E-state index contributed by atoms with van der Waals surface area (Å²) in [6, 6.07) is 4.17. The van der Waals surface area contributed by atoms with Gasteiger partial charge in [-0.2, -0.15) is 5.10 Å². The Labute approximate surface area is 110 Å². The van der Waals surface area contributed by atoms with Gasteiger partial charge in [-0.15, -0.1) is 0 Å². The predicted molar refractivity (Wildman–Crippen MR) is 68.0 cm³/mol. The van der Waals surface area contributed by atoms with E-state index in [1.807, 2.05) is 13.1 Å². The molecular formula is C13H14ClFN2O. The summed E-state index contributed by atoms with van der Waals surface area (Å²) in [7, 11) is 0. The smallest absolute Gasteiger partial charge is 0.129 e. The molecule has 0 radical (unpaired) electrons. The first-order chi connectivity index (χ1) is 8.60. The standard InChI is InChI=1S/C13H14ClFN2O/c1-2-17-8-9(7-16-17)5-13(18)11-6-10(14)3-4-12(11)15/h3-4,6-8,13,18H,2,5H2,1H3. The van der Waals surface area contributed by atoms with E-state index < -0.39 is 11.9 Å². The number of hydrogen-bond acceptors (Lipinski definition) is 2. The van der Waals surface area contributed by atoms with Crippen LogP contribution in [0.25, 0.3) is 0 Å². The molecule has 0 fully saturated rings. The monoisotopic (exact) mass is 268 g/mol. The maximum Gasteiger partial charge on any atom is 0.129 e. The minimum Gasteiger partial charge on any atom is -0.388 e. The van der Waals surface area contributed by atoms with Crippen LogP contribution in [-0.2, 0) is 13.0 Å². The molecular weight excluding hydrogens is 255 g/mol.